The Kier molecular flexibility index (Phi) is 4.95. The molecule has 0 radical (unpaired) electrons. The maximum Gasteiger partial charge on any atom is 0.124 e. The van der Waals surface area contributed by atoms with E-state index in [4.69, 9.17) is 0 Å². The average molecular weight is 370 g/mol. The predicted molar refractivity (Wildman–Crippen MR) is 118 cm³/mol. The quantitative estimate of drug-likeness (QED) is 0.398. The zero-order valence-electron chi connectivity index (χ0n) is 16.5. The lowest BCUT2D eigenvalue weighted by Crippen LogP contribution is -1.90. The maximum atomic E-state index is 10.7. The molecule has 4 rings (SSSR count). The Morgan fingerprint density at radius 2 is 1.00 bits per heavy atom. The number of rotatable bonds is 5. The van der Waals surface area contributed by atoms with Gasteiger partial charge in [-0.1, -0.05) is 75.2 Å². The average Bonchev–Trinajstić information content (AvgIpc) is 2.69. The van der Waals surface area contributed by atoms with Crippen LogP contribution < -0.4 is 0 Å². The number of aryl methyl sites for hydroxylation is 2. The van der Waals surface area contributed by atoms with E-state index in [1.165, 1.54) is 11.1 Å². The van der Waals surface area contributed by atoms with Crippen molar-refractivity contribution in [1.29, 1.82) is 0 Å². The van der Waals surface area contributed by atoms with Gasteiger partial charge in [-0.05, 0) is 57.6 Å². The van der Waals surface area contributed by atoms with Crippen molar-refractivity contribution in [3.05, 3.63) is 71.8 Å². The minimum Gasteiger partial charge on any atom is -0.507 e. The first-order chi connectivity index (χ1) is 13.6. The number of phenolic OH excluding ortho intramolecular Hbond substituents is 2. The number of hydrogen-bond acceptors (Lipinski definition) is 2. The summed E-state index contributed by atoms with van der Waals surface area (Å²) in [5.74, 6) is 0.382. The van der Waals surface area contributed by atoms with Crippen LogP contribution in [0.2, 0.25) is 0 Å². The molecule has 2 nitrogen and oxygen atoms in total. The zero-order valence-corrected chi connectivity index (χ0v) is 16.5. The van der Waals surface area contributed by atoms with Crippen LogP contribution in [0.5, 0.6) is 11.5 Å². The van der Waals surface area contributed by atoms with Crippen LogP contribution in [0.3, 0.4) is 0 Å². The van der Waals surface area contributed by atoms with Crippen LogP contribution in [0.4, 0.5) is 0 Å². The third kappa shape index (κ3) is 3.20. The topological polar surface area (TPSA) is 40.5 Å². The van der Waals surface area contributed by atoms with Crippen molar-refractivity contribution < 1.29 is 10.2 Å². The molecule has 0 aliphatic heterocycles. The van der Waals surface area contributed by atoms with Crippen molar-refractivity contribution in [3.8, 4) is 22.6 Å². The number of phenols is 2. The molecule has 0 saturated carbocycles. The van der Waals surface area contributed by atoms with Gasteiger partial charge >= 0.3 is 0 Å². The Bertz CT molecular complexity index is 1060. The molecule has 0 fully saturated rings. The second-order valence-corrected chi connectivity index (χ2v) is 7.53. The SMILES string of the molecule is CCCc1ccc2c(-c3c(O)ccc4cc(CCC)ccc34)c(O)ccc2c1. The molecule has 28 heavy (non-hydrogen) atoms. The summed E-state index contributed by atoms with van der Waals surface area (Å²) < 4.78 is 0. The van der Waals surface area contributed by atoms with Gasteiger partial charge in [0.05, 0.1) is 0 Å². The lowest BCUT2D eigenvalue weighted by molar-refractivity contribution is 0.470. The van der Waals surface area contributed by atoms with Crippen LogP contribution >= 0.6 is 0 Å². The van der Waals surface area contributed by atoms with Crippen molar-refractivity contribution in [3.63, 3.8) is 0 Å². The molecular formula is C26H26O2. The summed E-state index contributed by atoms with van der Waals surface area (Å²) in [6, 6.07) is 20.1. The second-order valence-electron chi connectivity index (χ2n) is 7.53. The Morgan fingerprint density at radius 1 is 0.571 bits per heavy atom. The first-order valence-corrected chi connectivity index (χ1v) is 10.1. The van der Waals surface area contributed by atoms with Gasteiger partial charge in [-0.3, -0.25) is 0 Å². The second kappa shape index (κ2) is 7.55. The van der Waals surface area contributed by atoms with Gasteiger partial charge in [0.2, 0.25) is 0 Å². The van der Waals surface area contributed by atoms with E-state index in [1.807, 2.05) is 12.1 Å². The molecule has 4 aromatic rings. The highest BCUT2D eigenvalue weighted by Gasteiger charge is 2.17. The van der Waals surface area contributed by atoms with Gasteiger partial charge in [-0.25, -0.2) is 0 Å². The summed E-state index contributed by atoms with van der Waals surface area (Å²) in [7, 11) is 0. The minimum atomic E-state index is 0.191. The molecule has 0 bridgehead atoms. The summed E-state index contributed by atoms with van der Waals surface area (Å²) in [5.41, 5.74) is 3.98. The molecule has 0 aliphatic carbocycles. The lowest BCUT2D eigenvalue weighted by Gasteiger charge is -2.15. The third-order valence-corrected chi connectivity index (χ3v) is 5.45. The van der Waals surface area contributed by atoms with Gasteiger partial charge in [-0.2, -0.15) is 0 Å². The number of fused-ring (bicyclic) bond motifs is 2. The van der Waals surface area contributed by atoms with Gasteiger partial charge < -0.3 is 10.2 Å². The van der Waals surface area contributed by atoms with Crippen LogP contribution in [0.15, 0.2) is 60.7 Å². The normalized spacial score (nSPS) is 11.4. The predicted octanol–water partition coefficient (Wildman–Crippen LogP) is 6.98. The van der Waals surface area contributed by atoms with Crippen LogP contribution in [0, 0.1) is 0 Å². The lowest BCUT2D eigenvalue weighted by atomic mass is 9.90. The Labute approximate surface area is 166 Å². The molecule has 142 valence electrons. The molecule has 0 atom stereocenters. The number of aromatic hydroxyl groups is 2. The minimum absolute atomic E-state index is 0.191. The molecular weight excluding hydrogens is 344 g/mol. The highest BCUT2D eigenvalue weighted by Crippen LogP contribution is 2.44. The van der Waals surface area contributed by atoms with Crippen LogP contribution in [0.25, 0.3) is 32.7 Å². The van der Waals surface area contributed by atoms with E-state index < -0.39 is 0 Å². The van der Waals surface area contributed by atoms with Crippen molar-refractivity contribution >= 4 is 21.5 Å². The van der Waals surface area contributed by atoms with Gasteiger partial charge in [-0.15, -0.1) is 0 Å². The molecule has 0 heterocycles. The van der Waals surface area contributed by atoms with Gasteiger partial charge in [0.25, 0.3) is 0 Å². The first kappa shape index (κ1) is 18.4. The molecule has 0 saturated heterocycles. The van der Waals surface area contributed by atoms with Crippen molar-refractivity contribution in [2.45, 2.75) is 39.5 Å². The molecule has 0 aromatic heterocycles. The molecule has 2 N–H and O–H groups in total. The highest BCUT2D eigenvalue weighted by molar-refractivity contribution is 6.09. The van der Waals surface area contributed by atoms with Crippen LogP contribution in [-0.4, -0.2) is 10.2 Å². The summed E-state index contributed by atoms with van der Waals surface area (Å²) in [6.45, 7) is 4.35. The summed E-state index contributed by atoms with van der Waals surface area (Å²) in [6.07, 6.45) is 4.26. The van der Waals surface area contributed by atoms with Crippen molar-refractivity contribution in [2.75, 3.05) is 0 Å². The largest absolute Gasteiger partial charge is 0.507 e. The first-order valence-electron chi connectivity index (χ1n) is 10.1. The van der Waals surface area contributed by atoms with Crippen LogP contribution in [0.1, 0.15) is 37.8 Å². The van der Waals surface area contributed by atoms with Crippen molar-refractivity contribution in [2.24, 2.45) is 0 Å². The zero-order chi connectivity index (χ0) is 19.7. The van der Waals surface area contributed by atoms with E-state index in [2.05, 4.69) is 50.2 Å². The molecule has 2 heteroatoms. The standard InChI is InChI=1S/C26H26O2/c1-3-5-17-7-11-21-19(15-17)9-13-23(27)25(21)26-22-12-8-18(6-4-2)16-20(22)10-14-24(26)28/h7-16,27-28H,3-6H2,1-2H3. The summed E-state index contributed by atoms with van der Waals surface area (Å²) in [5, 5.41) is 25.6. The van der Waals surface area contributed by atoms with Crippen LogP contribution in [-0.2, 0) is 12.8 Å². The van der Waals surface area contributed by atoms with E-state index in [0.29, 0.717) is 11.1 Å². The molecule has 4 aromatic carbocycles. The van der Waals surface area contributed by atoms with E-state index in [0.717, 1.165) is 47.2 Å². The molecule has 0 aliphatic rings. The number of benzene rings is 4. The van der Waals surface area contributed by atoms with E-state index in [1.54, 1.807) is 12.1 Å². The fourth-order valence-electron chi connectivity index (χ4n) is 4.15. The Balaban J connectivity index is 2.00. The van der Waals surface area contributed by atoms with E-state index in [9.17, 15) is 10.2 Å². The van der Waals surface area contributed by atoms with Gasteiger partial charge in [0.1, 0.15) is 11.5 Å². The van der Waals surface area contributed by atoms with Gasteiger partial charge in [0.15, 0.2) is 0 Å². The fourth-order valence-corrected chi connectivity index (χ4v) is 4.15. The summed E-state index contributed by atoms with van der Waals surface area (Å²) in [4.78, 5) is 0. The van der Waals surface area contributed by atoms with Crippen molar-refractivity contribution in [1.82, 2.24) is 0 Å². The third-order valence-electron chi connectivity index (χ3n) is 5.45. The smallest absolute Gasteiger partial charge is 0.124 e. The fraction of sp³-hybridized carbons (Fsp3) is 0.231. The monoisotopic (exact) mass is 370 g/mol. The van der Waals surface area contributed by atoms with E-state index >= 15 is 0 Å². The summed E-state index contributed by atoms with van der Waals surface area (Å²) >= 11 is 0. The van der Waals surface area contributed by atoms with E-state index in [-0.39, 0.29) is 11.5 Å². The number of hydrogen-bond donors (Lipinski definition) is 2. The molecule has 0 amide bonds. The molecule has 0 unspecified atom stereocenters. The Morgan fingerprint density at radius 3 is 1.39 bits per heavy atom. The Hall–Kier alpha value is -3.00. The molecule has 0 spiro atoms. The highest BCUT2D eigenvalue weighted by atomic mass is 16.3. The van der Waals surface area contributed by atoms with Gasteiger partial charge in [0, 0.05) is 11.1 Å². The maximum absolute atomic E-state index is 10.7.